The van der Waals surface area contributed by atoms with Crippen LogP contribution in [0.15, 0.2) is 66.1 Å². The van der Waals surface area contributed by atoms with Crippen LogP contribution in [0.3, 0.4) is 0 Å². The van der Waals surface area contributed by atoms with Crippen LogP contribution in [0, 0.1) is 0 Å². The van der Waals surface area contributed by atoms with Gasteiger partial charge in [-0.15, -0.1) is 11.8 Å². The molecule has 1 saturated heterocycles. The zero-order valence-corrected chi connectivity index (χ0v) is 20.1. The number of benzene rings is 1. The molecule has 2 aliphatic rings. The molecule has 188 valence electrons. The van der Waals surface area contributed by atoms with E-state index in [0.29, 0.717) is 5.57 Å². The van der Waals surface area contributed by atoms with Crippen LogP contribution in [-0.4, -0.2) is 63.8 Å². The molecule has 3 atom stereocenters. The Labute approximate surface area is 209 Å². The van der Waals surface area contributed by atoms with Gasteiger partial charge in [0.1, 0.15) is 17.1 Å². The highest BCUT2D eigenvalue weighted by molar-refractivity contribution is 8.00. The number of carbonyl (C=O) groups excluding carboxylic acids is 3. The third kappa shape index (κ3) is 4.82. The van der Waals surface area contributed by atoms with Crippen molar-refractivity contribution in [1.82, 2.24) is 10.2 Å². The fourth-order valence-electron chi connectivity index (χ4n) is 4.08. The van der Waals surface area contributed by atoms with Crippen molar-refractivity contribution in [3.8, 4) is 0 Å². The molecule has 1 aromatic carbocycles. The molecular formula is C22H21N4O8S2+. The minimum Gasteiger partial charge on any atom is -0.478 e. The van der Waals surface area contributed by atoms with Crippen LogP contribution >= 0.6 is 11.8 Å². The number of pyridine rings is 1. The largest absolute Gasteiger partial charge is 0.478 e. The number of fused-ring (bicyclic) bond motifs is 1. The topological polar surface area (TPSA) is 188 Å². The molecule has 4 rings (SSSR count). The molecule has 3 amide bonds. The fourth-order valence-corrected chi connectivity index (χ4v) is 6.26. The van der Waals surface area contributed by atoms with Crippen LogP contribution in [0.4, 0.5) is 0 Å². The molecular weight excluding hydrogens is 512 g/mol. The number of nitrogens with zero attached hydrogens (tertiary/aromatic N) is 2. The predicted octanol–water partition coefficient (Wildman–Crippen LogP) is -0.559. The highest BCUT2D eigenvalue weighted by atomic mass is 32.2. The Kier molecular flexibility index (Phi) is 6.84. The molecule has 2 aliphatic heterocycles. The van der Waals surface area contributed by atoms with Crippen molar-refractivity contribution in [3.05, 3.63) is 77.3 Å². The lowest BCUT2D eigenvalue weighted by atomic mass is 10.0. The second-order valence-corrected chi connectivity index (χ2v) is 10.7. The first-order chi connectivity index (χ1) is 17.0. The van der Waals surface area contributed by atoms with Gasteiger partial charge >= 0.3 is 5.97 Å². The first-order valence-electron chi connectivity index (χ1n) is 10.5. The number of carboxylic acid groups (broad SMARTS) is 1. The van der Waals surface area contributed by atoms with Crippen LogP contribution < -0.4 is 15.6 Å². The molecule has 0 bridgehead atoms. The standard InChI is InChI=1S/C22H20N4O8S2/c23-18(27)16-14(10-25-8-6-13(7-9-25)22(30)31)11-35-21-15(20(29)26(16)21)24-19(28)17(36(32,33)34)12-4-2-1-3-5-12/h1-9,15,17,21H,10-11H2,(H4-,23,24,27,28,30,31,32,33,34)/p+1/t15-,17?,21+/m1/s1. The minimum absolute atomic E-state index is 0.0292. The number of amides is 3. The Bertz CT molecular complexity index is 1380. The highest BCUT2D eigenvalue weighted by Crippen LogP contribution is 2.40. The second kappa shape index (κ2) is 9.72. The number of nitrogens with two attached hydrogens (primary N) is 1. The Morgan fingerprint density at radius 2 is 1.81 bits per heavy atom. The molecule has 1 aromatic heterocycles. The summed E-state index contributed by atoms with van der Waals surface area (Å²) >= 11 is 1.24. The Hall–Kier alpha value is -3.75. The number of rotatable bonds is 8. The van der Waals surface area contributed by atoms with E-state index in [0.717, 1.165) is 4.90 Å². The number of hydrogen-bond acceptors (Lipinski definition) is 7. The number of carboxylic acids is 1. The lowest BCUT2D eigenvalue weighted by Gasteiger charge is -2.49. The molecule has 0 saturated carbocycles. The smallest absolute Gasteiger partial charge is 0.336 e. The number of primary amides is 1. The third-order valence-corrected chi connectivity index (χ3v) is 8.15. The molecule has 1 unspecified atom stereocenters. The van der Waals surface area contributed by atoms with E-state index in [1.807, 2.05) is 0 Å². The SMILES string of the molecule is NC(=O)C1=C(C[n+]2ccc(C(=O)O)cc2)CS[C@H]2[C@H](NC(=O)C(c3ccccc3)S(=O)(=O)O)C(=O)N12. The number of hydrogen-bond donors (Lipinski definition) is 4. The van der Waals surface area contributed by atoms with Gasteiger partial charge in [-0.05, 0) is 5.56 Å². The lowest BCUT2D eigenvalue weighted by Crippen LogP contribution is -2.71. The molecule has 12 nitrogen and oxygen atoms in total. The van der Waals surface area contributed by atoms with Crippen molar-refractivity contribution in [2.24, 2.45) is 5.73 Å². The van der Waals surface area contributed by atoms with Crippen molar-refractivity contribution >= 4 is 45.6 Å². The van der Waals surface area contributed by atoms with Crippen molar-refractivity contribution in [1.29, 1.82) is 0 Å². The second-order valence-electron chi connectivity index (χ2n) is 8.08. The number of thioether (sulfide) groups is 1. The third-order valence-electron chi connectivity index (χ3n) is 5.73. The van der Waals surface area contributed by atoms with E-state index in [1.165, 1.54) is 60.6 Å². The van der Waals surface area contributed by atoms with E-state index in [4.69, 9.17) is 10.8 Å². The molecule has 2 aromatic rings. The van der Waals surface area contributed by atoms with E-state index in [-0.39, 0.29) is 29.1 Å². The molecule has 14 heteroatoms. The van der Waals surface area contributed by atoms with E-state index < -0.39 is 50.5 Å². The summed E-state index contributed by atoms with van der Waals surface area (Å²) in [7, 11) is -4.84. The zero-order valence-electron chi connectivity index (χ0n) is 18.5. The summed E-state index contributed by atoms with van der Waals surface area (Å²) in [6, 6.07) is 9.01. The summed E-state index contributed by atoms with van der Waals surface area (Å²) in [5.74, 6) is -3.39. The summed E-state index contributed by atoms with van der Waals surface area (Å²) in [5.41, 5.74) is 6.18. The summed E-state index contributed by atoms with van der Waals surface area (Å²) in [6.07, 6.45) is 3.04. The molecule has 5 N–H and O–H groups in total. The van der Waals surface area contributed by atoms with Crippen LogP contribution in [0.1, 0.15) is 21.2 Å². The Morgan fingerprint density at radius 1 is 1.17 bits per heavy atom. The maximum absolute atomic E-state index is 12.9. The molecule has 36 heavy (non-hydrogen) atoms. The summed E-state index contributed by atoms with van der Waals surface area (Å²) < 4.78 is 35.1. The summed E-state index contributed by atoms with van der Waals surface area (Å²) in [6.45, 7) is 0.164. The van der Waals surface area contributed by atoms with Crippen molar-refractivity contribution in [2.75, 3.05) is 5.75 Å². The van der Waals surface area contributed by atoms with Gasteiger partial charge in [-0.3, -0.25) is 23.8 Å². The van der Waals surface area contributed by atoms with Gasteiger partial charge in [0.05, 0.1) is 5.56 Å². The number of carbonyl (C=O) groups is 4. The van der Waals surface area contributed by atoms with Gasteiger partial charge in [-0.1, -0.05) is 30.3 Å². The Morgan fingerprint density at radius 3 is 2.36 bits per heavy atom. The van der Waals surface area contributed by atoms with Gasteiger partial charge in [0.15, 0.2) is 24.2 Å². The van der Waals surface area contributed by atoms with Gasteiger partial charge in [0.2, 0.25) is 5.91 Å². The molecule has 3 heterocycles. The van der Waals surface area contributed by atoms with E-state index >= 15 is 0 Å². The van der Waals surface area contributed by atoms with Crippen molar-refractivity contribution in [2.45, 2.75) is 23.2 Å². The zero-order chi connectivity index (χ0) is 26.2. The van der Waals surface area contributed by atoms with Gasteiger partial charge in [0, 0.05) is 23.5 Å². The summed E-state index contributed by atoms with van der Waals surface area (Å²) in [4.78, 5) is 50.2. The van der Waals surface area contributed by atoms with Crippen molar-refractivity contribution in [3.63, 3.8) is 0 Å². The van der Waals surface area contributed by atoms with E-state index in [2.05, 4.69) is 5.32 Å². The monoisotopic (exact) mass is 533 g/mol. The number of nitrogens with one attached hydrogen (secondary N) is 1. The van der Waals surface area contributed by atoms with Crippen LogP contribution in [0.5, 0.6) is 0 Å². The maximum atomic E-state index is 12.9. The van der Waals surface area contributed by atoms with Gasteiger partial charge < -0.3 is 16.2 Å². The molecule has 0 spiro atoms. The highest BCUT2D eigenvalue weighted by Gasteiger charge is 2.55. The average molecular weight is 534 g/mol. The van der Waals surface area contributed by atoms with Crippen LogP contribution in [-0.2, 0) is 31.0 Å². The lowest BCUT2D eigenvalue weighted by molar-refractivity contribution is -0.689. The fraction of sp³-hybridized carbons (Fsp3) is 0.227. The Balaban J connectivity index is 1.54. The van der Waals surface area contributed by atoms with Gasteiger partial charge in [-0.2, -0.15) is 8.42 Å². The first kappa shape index (κ1) is 25.3. The van der Waals surface area contributed by atoms with Crippen molar-refractivity contribution < 1.29 is 41.8 Å². The number of β-lactam (4-membered cyclic amide) rings is 1. The summed E-state index contributed by atoms with van der Waals surface area (Å²) in [5, 5.41) is 8.79. The normalized spacial score (nSPS) is 20.2. The van der Waals surface area contributed by atoms with Gasteiger partial charge in [-0.25, -0.2) is 9.36 Å². The minimum atomic E-state index is -4.84. The number of aromatic carboxylic acids is 1. The maximum Gasteiger partial charge on any atom is 0.336 e. The van der Waals surface area contributed by atoms with E-state index in [9.17, 15) is 32.1 Å². The number of aromatic nitrogens is 1. The average Bonchev–Trinajstić information content (AvgIpc) is 2.82. The quantitative estimate of drug-likeness (QED) is 0.196. The van der Waals surface area contributed by atoms with E-state index in [1.54, 1.807) is 10.6 Å². The molecule has 1 fully saturated rings. The molecule has 0 radical (unpaired) electrons. The molecule has 0 aliphatic carbocycles. The van der Waals surface area contributed by atoms with Crippen LogP contribution in [0.2, 0.25) is 0 Å². The van der Waals surface area contributed by atoms with Gasteiger partial charge in [0.25, 0.3) is 21.9 Å². The predicted molar refractivity (Wildman–Crippen MR) is 126 cm³/mol. The first-order valence-corrected chi connectivity index (χ1v) is 13.0. The van der Waals surface area contributed by atoms with Crippen LogP contribution in [0.25, 0.3) is 0 Å².